The standard InChI is InChI=1S/C15H12.2C2H6/c1-2-6-12-10-14-8-4-5-9-15(14)11-13(12)7-3-1;2*1-2/h1-2,4-11H,3H2;2*1-2H3. The van der Waals surface area contributed by atoms with Crippen LogP contribution in [0.1, 0.15) is 34.1 Å². The molecule has 0 N–H and O–H groups in total. The second-order valence-corrected chi connectivity index (χ2v) is 3.86. The predicted molar refractivity (Wildman–Crippen MR) is 88.6 cm³/mol. The molecule has 19 heavy (non-hydrogen) atoms. The molecule has 0 atom stereocenters. The second kappa shape index (κ2) is 8.31. The van der Waals surface area contributed by atoms with Crippen LogP contribution in [-0.2, 0) is 0 Å². The Balaban J connectivity index is 0.000000415. The Hall–Kier alpha value is -1.82. The molecular weight excluding hydrogens is 228 g/mol. The third-order valence-corrected chi connectivity index (χ3v) is 2.84. The number of rotatable bonds is 0. The summed E-state index contributed by atoms with van der Waals surface area (Å²) in [4.78, 5) is 0. The van der Waals surface area contributed by atoms with E-state index in [0.29, 0.717) is 0 Å². The highest BCUT2D eigenvalue weighted by Gasteiger charge is 1.93. The van der Waals surface area contributed by atoms with E-state index in [1.807, 2.05) is 27.7 Å². The fraction of sp³-hybridized carbons (Fsp3) is 0.263. The van der Waals surface area contributed by atoms with Gasteiger partial charge in [-0.2, -0.15) is 0 Å². The third kappa shape index (κ3) is 3.82. The van der Waals surface area contributed by atoms with Crippen molar-refractivity contribution < 1.29 is 0 Å². The van der Waals surface area contributed by atoms with Crippen LogP contribution in [0, 0.1) is 0 Å². The zero-order chi connectivity index (χ0) is 14.1. The lowest BCUT2D eigenvalue weighted by Crippen LogP contribution is -2.23. The summed E-state index contributed by atoms with van der Waals surface area (Å²) >= 11 is 0. The first-order chi connectivity index (χ1) is 9.43. The molecule has 0 unspecified atom stereocenters. The minimum absolute atomic E-state index is 1.03. The quantitative estimate of drug-likeness (QED) is 0.651. The molecule has 0 nitrogen and oxygen atoms in total. The fourth-order valence-electron chi connectivity index (χ4n) is 2.04. The summed E-state index contributed by atoms with van der Waals surface area (Å²) in [5.41, 5.74) is 0. The van der Waals surface area contributed by atoms with Gasteiger partial charge >= 0.3 is 0 Å². The lowest BCUT2D eigenvalue weighted by molar-refractivity contribution is 1.47. The van der Waals surface area contributed by atoms with Crippen LogP contribution in [0.4, 0.5) is 0 Å². The van der Waals surface area contributed by atoms with Crippen molar-refractivity contribution in [3.8, 4) is 0 Å². The molecule has 0 saturated heterocycles. The van der Waals surface area contributed by atoms with E-state index in [2.05, 4.69) is 60.7 Å². The molecule has 2 aromatic carbocycles. The van der Waals surface area contributed by atoms with Crippen molar-refractivity contribution in [1.29, 1.82) is 0 Å². The first-order valence-corrected chi connectivity index (χ1v) is 7.29. The Labute approximate surface area is 116 Å². The van der Waals surface area contributed by atoms with Crippen LogP contribution in [-0.4, -0.2) is 0 Å². The first kappa shape index (κ1) is 15.2. The molecule has 0 spiro atoms. The van der Waals surface area contributed by atoms with Crippen LogP contribution < -0.4 is 10.4 Å². The van der Waals surface area contributed by atoms with Gasteiger partial charge in [-0.1, -0.05) is 76.3 Å². The Morgan fingerprint density at radius 1 is 0.789 bits per heavy atom. The molecule has 0 fully saturated rings. The summed E-state index contributed by atoms with van der Waals surface area (Å²) in [7, 11) is 0. The van der Waals surface area contributed by atoms with Gasteiger partial charge in [-0.3, -0.25) is 0 Å². The van der Waals surface area contributed by atoms with Gasteiger partial charge in [-0.25, -0.2) is 0 Å². The zero-order valence-corrected chi connectivity index (χ0v) is 12.5. The van der Waals surface area contributed by atoms with Gasteiger partial charge in [0.15, 0.2) is 0 Å². The summed E-state index contributed by atoms with van der Waals surface area (Å²) in [6.45, 7) is 8.00. The summed E-state index contributed by atoms with van der Waals surface area (Å²) in [5.74, 6) is 0. The van der Waals surface area contributed by atoms with Crippen LogP contribution in [0.15, 0.2) is 48.6 Å². The number of benzene rings is 2. The molecular formula is C19H24. The maximum Gasteiger partial charge on any atom is -0.0157 e. The van der Waals surface area contributed by atoms with Crippen molar-refractivity contribution in [1.82, 2.24) is 0 Å². The summed E-state index contributed by atoms with van der Waals surface area (Å²) in [6.07, 6.45) is 9.82. The Kier molecular flexibility index (Phi) is 6.67. The van der Waals surface area contributed by atoms with E-state index in [0.717, 1.165) is 6.42 Å². The smallest absolute Gasteiger partial charge is 0.0157 e. The third-order valence-electron chi connectivity index (χ3n) is 2.84. The van der Waals surface area contributed by atoms with Crippen molar-refractivity contribution in [3.63, 3.8) is 0 Å². The van der Waals surface area contributed by atoms with Gasteiger partial charge in [-0.15, -0.1) is 0 Å². The summed E-state index contributed by atoms with van der Waals surface area (Å²) in [6, 6.07) is 13.0. The highest BCUT2D eigenvalue weighted by molar-refractivity contribution is 5.83. The molecule has 0 amide bonds. The fourth-order valence-corrected chi connectivity index (χ4v) is 2.04. The number of allylic oxidation sites excluding steroid dienone is 2. The van der Waals surface area contributed by atoms with Crippen molar-refractivity contribution in [2.45, 2.75) is 34.1 Å². The monoisotopic (exact) mass is 252 g/mol. The van der Waals surface area contributed by atoms with Crippen LogP contribution >= 0.6 is 0 Å². The largest absolute Gasteiger partial charge is 0.0807 e. The van der Waals surface area contributed by atoms with E-state index < -0.39 is 0 Å². The maximum atomic E-state index is 2.28. The summed E-state index contributed by atoms with van der Waals surface area (Å²) in [5, 5.41) is 5.31. The molecule has 0 bridgehead atoms. The molecule has 0 aliphatic heterocycles. The number of fused-ring (bicyclic) bond motifs is 2. The first-order valence-electron chi connectivity index (χ1n) is 7.29. The van der Waals surface area contributed by atoms with Crippen LogP contribution in [0.3, 0.4) is 0 Å². The highest BCUT2D eigenvalue weighted by atomic mass is 14.0. The number of hydrogen-bond acceptors (Lipinski definition) is 0. The Morgan fingerprint density at radius 3 is 2.00 bits per heavy atom. The molecule has 2 aromatic rings. The van der Waals surface area contributed by atoms with Crippen molar-refractivity contribution in [3.05, 3.63) is 59.0 Å². The van der Waals surface area contributed by atoms with E-state index >= 15 is 0 Å². The van der Waals surface area contributed by atoms with E-state index in [-0.39, 0.29) is 0 Å². The average molecular weight is 252 g/mol. The topological polar surface area (TPSA) is 0 Å². The zero-order valence-electron chi connectivity index (χ0n) is 12.5. The lowest BCUT2D eigenvalue weighted by Gasteiger charge is -1.97. The van der Waals surface area contributed by atoms with Gasteiger partial charge in [0.05, 0.1) is 0 Å². The van der Waals surface area contributed by atoms with Crippen molar-refractivity contribution in [2.24, 2.45) is 0 Å². The van der Waals surface area contributed by atoms with E-state index in [1.165, 1.54) is 21.2 Å². The minimum atomic E-state index is 1.03. The van der Waals surface area contributed by atoms with Gasteiger partial charge < -0.3 is 0 Å². The predicted octanol–water partition coefficient (Wildman–Crippen LogP) is 4.41. The van der Waals surface area contributed by atoms with E-state index in [9.17, 15) is 0 Å². The second-order valence-electron chi connectivity index (χ2n) is 3.86. The molecule has 0 saturated carbocycles. The Bertz CT molecular complexity index is 645. The van der Waals surface area contributed by atoms with Gasteiger partial charge in [0.25, 0.3) is 0 Å². The molecule has 0 radical (unpaired) electrons. The van der Waals surface area contributed by atoms with Crippen molar-refractivity contribution >= 4 is 22.9 Å². The molecule has 1 aliphatic rings. The molecule has 100 valence electrons. The maximum absolute atomic E-state index is 2.28. The molecule has 1 aliphatic carbocycles. The highest BCUT2D eigenvalue weighted by Crippen LogP contribution is 2.08. The summed E-state index contributed by atoms with van der Waals surface area (Å²) < 4.78 is 0. The Morgan fingerprint density at radius 2 is 1.37 bits per heavy atom. The van der Waals surface area contributed by atoms with Gasteiger partial charge in [0.2, 0.25) is 0 Å². The molecule has 0 heterocycles. The molecule has 0 heteroatoms. The molecule has 0 aromatic heterocycles. The minimum Gasteiger partial charge on any atom is -0.0807 e. The average Bonchev–Trinajstić information content (AvgIpc) is 2.74. The van der Waals surface area contributed by atoms with E-state index in [1.54, 1.807) is 0 Å². The van der Waals surface area contributed by atoms with Crippen LogP contribution in [0.2, 0.25) is 0 Å². The molecule has 3 rings (SSSR count). The van der Waals surface area contributed by atoms with Crippen molar-refractivity contribution in [2.75, 3.05) is 0 Å². The van der Waals surface area contributed by atoms with Crippen LogP contribution in [0.5, 0.6) is 0 Å². The van der Waals surface area contributed by atoms with Gasteiger partial charge in [0, 0.05) is 0 Å². The number of hydrogen-bond donors (Lipinski definition) is 0. The normalized spacial score (nSPS) is 11.6. The lowest BCUT2D eigenvalue weighted by atomic mass is 10.1. The SMILES string of the molecule is C1=CCC=c2cc3ccccc3cc2=C1.CC.CC. The van der Waals surface area contributed by atoms with E-state index in [4.69, 9.17) is 0 Å². The van der Waals surface area contributed by atoms with Gasteiger partial charge in [0.1, 0.15) is 0 Å². The van der Waals surface area contributed by atoms with Gasteiger partial charge in [-0.05, 0) is 39.8 Å². The van der Waals surface area contributed by atoms with Crippen LogP contribution in [0.25, 0.3) is 22.9 Å².